The van der Waals surface area contributed by atoms with Gasteiger partial charge < -0.3 is 0 Å². The summed E-state index contributed by atoms with van der Waals surface area (Å²) in [6.07, 6.45) is 0. The van der Waals surface area contributed by atoms with Gasteiger partial charge in [-0.3, -0.25) is 0 Å². The second-order valence-electron chi connectivity index (χ2n) is 4.37. The third-order valence-electron chi connectivity index (χ3n) is 3.08. The Morgan fingerprint density at radius 1 is 1.16 bits per heavy atom. The van der Waals surface area contributed by atoms with Crippen molar-refractivity contribution in [3.05, 3.63) is 47.5 Å². The first-order chi connectivity index (χ1) is 9.25. The molecule has 2 aromatic carbocycles. The summed E-state index contributed by atoms with van der Waals surface area (Å²) in [5.74, 6) is 0.355. The summed E-state index contributed by atoms with van der Waals surface area (Å²) >= 11 is -0.0222. The molecule has 3 rings (SSSR count). The van der Waals surface area contributed by atoms with E-state index in [0.717, 1.165) is 28.2 Å². The average Bonchev–Trinajstić information content (AvgIpc) is 2.89. The van der Waals surface area contributed by atoms with Crippen LogP contribution in [0, 0.1) is 6.92 Å². The van der Waals surface area contributed by atoms with Crippen molar-refractivity contribution in [3.63, 3.8) is 0 Å². The van der Waals surface area contributed by atoms with Crippen molar-refractivity contribution in [1.82, 2.24) is 0 Å². The number of fused-ring (bicyclic) bond motifs is 1. The zero-order valence-corrected chi connectivity index (χ0v) is 12.1. The quantitative estimate of drug-likeness (QED) is 0.724. The third-order valence-corrected chi connectivity index (χ3v) is 4.21. The number of aryl methyl sites for hydroxylation is 1. The minimum atomic E-state index is -0.0222. The van der Waals surface area contributed by atoms with Crippen LogP contribution in [-0.4, -0.2) is 19.7 Å². The van der Waals surface area contributed by atoms with Crippen molar-refractivity contribution in [2.75, 3.05) is 5.32 Å². The number of hydrogen-bond donors (Lipinski definition) is 2. The van der Waals surface area contributed by atoms with Crippen LogP contribution in [0.1, 0.15) is 11.1 Å². The summed E-state index contributed by atoms with van der Waals surface area (Å²) in [7, 11) is 0. The molecule has 0 saturated heterocycles. The molecule has 5 heteroatoms. The number of phenolic OH excluding ortho intramolecular Hbond substituents is 1. The maximum absolute atomic E-state index is 9.99. The summed E-state index contributed by atoms with van der Waals surface area (Å²) in [5, 5.41) is 13.3. The molecule has 1 aliphatic rings. The Morgan fingerprint density at radius 2 is 2.00 bits per heavy atom. The van der Waals surface area contributed by atoms with Gasteiger partial charge in [-0.25, -0.2) is 0 Å². The Balaban J connectivity index is 1.83. The van der Waals surface area contributed by atoms with E-state index in [-0.39, 0.29) is 14.6 Å². The number of para-hydroxylation sites is 1. The second-order valence-corrected chi connectivity index (χ2v) is 5.48. The molecular weight excluding hydrogens is 305 g/mol. The van der Waals surface area contributed by atoms with E-state index in [2.05, 4.69) is 13.2 Å². The molecule has 2 aromatic rings. The Morgan fingerprint density at radius 3 is 2.89 bits per heavy atom. The first-order valence-corrected chi connectivity index (χ1v) is 7.51. The molecule has 19 heavy (non-hydrogen) atoms. The van der Waals surface area contributed by atoms with Crippen LogP contribution in [0.3, 0.4) is 0 Å². The van der Waals surface area contributed by atoms with Crippen LogP contribution in [0.15, 0.2) is 44.3 Å². The number of nitrogens with zero attached hydrogens (tertiary/aromatic N) is 2. The van der Waals surface area contributed by atoms with E-state index in [9.17, 15) is 5.11 Å². The number of aromatic hydroxyl groups is 1. The molecular formula is C14H13N3OSe. The van der Waals surface area contributed by atoms with Gasteiger partial charge in [0.05, 0.1) is 0 Å². The van der Waals surface area contributed by atoms with Crippen molar-refractivity contribution in [2.24, 2.45) is 7.92 Å². The van der Waals surface area contributed by atoms with Crippen LogP contribution >= 0.6 is 0 Å². The maximum atomic E-state index is 9.99. The molecule has 0 atom stereocenters. The zero-order valence-electron chi connectivity index (χ0n) is 10.4. The van der Waals surface area contributed by atoms with Gasteiger partial charge in [0.25, 0.3) is 0 Å². The van der Waals surface area contributed by atoms with Crippen molar-refractivity contribution in [3.8, 4) is 5.75 Å². The Labute approximate surface area is 117 Å². The van der Waals surface area contributed by atoms with Crippen LogP contribution in [0.4, 0.5) is 17.1 Å². The zero-order chi connectivity index (χ0) is 13.2. The number of phenols is 1. The van der Waals surface area contributed by atoms with Crippen molar-refractivity contribution in [1.29, 1.82) is 0 Å². The van der Waals surface area contributed by atoms with E-state index in [1.807, 2.05) is 43.3 Å². The number of hydrogen-bond acceptors (Lipinski definition) is 4. The standard InChI is InChI=1S/C14H13N3OSe/c1-9-4-2-5-10(14(9)18)8-15-11-6-3-7-12-13(11)17-19-16-12/h2-7,15,18H,8H2,1H3. The topological polar surface area (TPSA) is 57.0 Å². The van der Waals surface area contributed by atoms with Crippen molar-refractivity contribution in [2.45, 2.75) is 13.5 Å². The summed E-state index contributed by atoms with van der Waals surface area (Å²) in [5.41, 5.74) is 4.65. The van der Waals surface area contributed by atoms with Crippen LogP contribution in [0.5, 0.6) is 5.75 Å². The summed E-state index contributed by atoms with van der Waals surface area (Å²) in [6.45, 7) is 2.47. The van der Waals surface area contributed by atoms with Crippen LogP contribution in [0.25, 0.3) is 0 Å². The molecule has 2 N–H and O–H groups in total. The van der Waals surface area contributed by atoms with Crippen molar-refractivity contribution >= 4 is 31.6 Å². The van der Waals surface area contributed by atoms with Gasteiger partial charge >= 0.3 is 117 Å². The fraction of sp³-hybridized carbons (Fsp3) is 0.143. The Kier molecular flexibility index (Phi) is 3.23. The minimum absolute atomic E-state index is 0.0222. The molecule has 0 spiro atoms. The number of anilines is 1. The van der Waals surface area contributed by atoms with E-state index in [1.165, 1.54) is 0 Å². The molecule has 1 aliphatic heterocycles. The fourth-order valence-corrected chi connectivity index (χ4v) is 3.15. The summed E-state index contributed by atoms with van der Waals surface area (Å²) in [4.78, 5) is 0. The predicted molar refractivity (Wildman–Crippen MR) is 76.5 cm³/mol. The second kappa shape index (κ2) is 5.03. The summed E-state index contributed by atoms with van der Waals surface area (Å²) < 4.78 is 8.78. The molecule has 96 valence electrons. The molecule has 0 fully saturated rings. The molecule has 0 aromatic heterocycles. The van der Waals surface area contributed by atoms with Gasteiger partial charge in [-0.15, -0.1) is 0 Å². The third kappa shape index (κ3) is 2.35. The number of rotatable bonds is 3. The first kappa shape index (κ1) is 12.2. The van der Waals surface area contributed by atoms with Crippen molar-refractivity contribution < 1.29 is 5.11 Å². The monoisotopic (exact) mass is 319 g/mol. The van der Waals surface area contributed by atoms with Crippen LogP contribution in [0.2, 0.25) is 0 Å². The van der Waals surface area contributed by atoms with E-state index < -0.39 is 0 Å². The molecule has 0 radical (unpaired) electrons. The van der Waals surface area contributed by atoms with E-state index >= 15 is 0 Å². The van der Waals surface area contributed by atoms with Gasteiger partial charge in [-0.05, 0) is 0 Å². The van der Waals surface area contributed by atoms with E-state index in [4.69, 9.17) is 0 Å². The van der Waals surface area contributed by atoms with Gasteiger partial charge in [-0.2, -0.15) is 0 Å². The average molecular weight is 318 g/mol. The van der Waals surface area contributed by atoms with Gasteiger partial charge in [0, 0.05) is 0 Å². The predicted octanol–water partition coefficient (Wildman–Crippen LogP) is 3.66. The SMILES string of the molecule is Cc1cccc(CNc2cccc3c2N=[Se]=N3)c1O. The van der Waals surface area contributed by atoms with Gasteiger partial charge in [0.2, 0.25) is 0 Å². The molecule has 4 nitrogen and oxygen atoms in total. The Hall–Kier alpha value is -1.84. The van der Waals surface area contributed by atoms with Gasteiger partial charge in [0.1, 0.15) is 0 Å². The molecule has 0 amide bonds. The van der Waals surface area contributed by atoms with Crippen LogP contribution in [-0.2, 0) is 6.54 Å². The molecule has 0 bridgehead atoms. The fourth-order valence-electron chi connectivity index (χ4n) is 2.00. The molecule has 1 heterocycles. The van der Waals surface area contributed by atoms with Gasteiger partial charge in [0.15, 0.2) is 0 Å². The van der Waals surface area contributed by atoms with E-state index in [0.29, 0.717) is 12.3 Å². The first-order valence-electron chi connectivity index (χ1n) is 5.98. The molecule has 0 aliphatic carbocycles. The molecule has 0 unspecified atom stereocenters. The number of nitrogens with one attached hydrogen (secondary N) is 1. The van der Waals surface area contributed by atoms with Crippen LogP contribution < -0.4 is 5.32 Å². The summed E-state index contributed by atoms with van der Waals surface area (Å²) in [6, 6.07) is 11.7. The normalized spacial score (nSPS) is 12.1. The molecule has 0 saturated carbocycles. The Bertz CT molecular complexity index is 706. The van der Waals surface area contributed by atoms with E-state index in [1.54, 1.807) is 0 Å². The number of benzene rings is 2. The van der Waals surface area contributed by atoms with Gasteiger partial charge in [-0.1, -0.05) is 0 Å².